The standard InChI is InChI=1S/C16H30O2/c1-3-4-5-6-8-11-14(2)16(17)18-15-12-9-7-10-13-15/h14-15H,3-13H2,1-2H3. The molecule has 1 saturated carbocycles. The third-order valence-electron chi connectivity index (χ3n) is 3.98. The lowest BCUT2D eigenvalue weighted by Gasteiger charge is -2.23. The van der Waals surface area contributed by atoms with Crippen LogP contribution in [-0.2, 0) is 9.53 Å². The van der Waals surface area contributed by atoms with E-state index in [9.17, 15) is 4.79 Å². The largest absolute Gasteiger partial charge is 0.462 e. The third kappa shape index (κ3) is 6.42. The van der Waals surface area contributed by atoms with Crippen molar-refractivity contribution in [1.82, 2.24) is 0 Å². The van der Waals surface area contributed by atoms with E-state index < -0.39 is 0 Å². The van der Waals surface area contributed by atoms with Crippen LogP contribution in [0.15, 0.2) is 0 Å². The molecule has 1 aliphatic rings. The van der Waals surface area contributed by atoms with Crippen LogP contribution in [0.25, 0.3) is 0 Å². The van der Waals surface area contributed by atoms with E-state index in [-0.39, 0.29) is 18.0 Å². The van der Waals surface area contributed by atoms with Crippen molar-refractivity contribution < 1.29 is 9.53 Å². The molecule has 0 aromatic heterocycles. The lowest BCUT2D eigenvalue weighted by molar-refractivity contribution is -0.155. The molecule has 0 aromatic rings. The predicted octanol–water partition coefficient (Wildman–Crippen LogP) is 4.86. The van der Waals surface area contributed by atoms with Gasteiger partial charge in [-0.2, -0.15) is 0 Å². The average Bonchev–Trinajstić information content (AvgIpc) is 2.39. The van der Waals surface area contributed by atoms with Gasteiger partial charge in [0.05, 0.1) is 5.92 Å². The van der Waals surface area contributed by atoms with E-state index in [0.29, 0.717) is 0 Å². The number of unbranched alkanes of at least 4 members (excludes halogenated alkanes) is 4. The number of ether oxygens (including phenoxy) is 1. The normalized spacial score (nSPS) is 18.6. The monoisotopic (exact) mass is 254 g/mol. The number of esters is 1. The molecular formula is C16H30O2. The molecule has 0 saturated heterocycles. The van der Waals surface area contributed by atoms with Crippen molar-refractivity contribution in [2.75, 3.05) is 0 Å². The lowest BCUT2D eigenvalue weighted by Crippen LogP contribution is -2.24. The quantitative estimate of drug-likeness (QED) is 0.457. The van der Waals surface area contributed by atoms with E-state index in [1.807, 2.05) is 6.92 Å². The first-order valence-electron chi connectivity index (χ1n) is 7.94. The Balaban J connectivity index is 2.08. The van der Waals surface area contributed by atoms with Crippen LogP contribution < -0.4 is 0 Å². The Labute approximate surface area is 112 Å². The van der Waals surface area contributed by atoms with E-state index in [1.54, 1.807) is 0 Å². The minimum absolute atomic E-state index is 0.0393. The van der Waals surface area contributed by atoms with Crippen LogP contribution in [0.5, 0.6) is 0 Å². The van der Waals surface area contributed by atoms with Gasteiger partial charge in [-0.15, -0.1) is 0 Å². The molecule has 0 radical (unpaired) electrons. The fourth-order valence-electron chi connectivity index (χ4n) is 2.64. The molecule has 1 rings (SSSR count). The molecule has 0 aromatic carbocycles. The van der Waals surface area contributed by atoms with Crippen molar-refractivity contribution in [3.05, 3.63) is 0 Å². The molecule has 0 bridgehead atoms. The first-order chi connectivity index (χ1) is 8.74. The highest BCUT2D eigenvalue weighted by atomic mass is 16.5. The van der Waals surface area contributed by atoms with Crippen molar-refractivity contribution in [2.45, 2.75) is 90.6 Å². The summed E-state index contributed by atoms with van der Waals surface area (Å²) in [6.45, 7) is 4.25. The molecule has 1 atom stereocenters. The zero-order valence-electron chi connectivity index (χ0n) is 12.2. The van der Waals surface area contributed by atoms with Gasteiger partial charge in [-0.1, -0.05) is 52.4 Å². The first kappa shape index (κ1) is 15.5. The predicted molar refractivity (Wildman–Crippen MR) is 75.5 cm³/mol. The van der Waals surface area contributed by atoms with Gasteiger partial charge in [0.1, 0.15) is 6.10 Å². The van der Waals surface area contributed by atoms with Gasteiger partial charge in [0, 0.05) is 0 Å². The van der Waals surface area contributed by atoms with Gasteiger partial charge >= 0.3 is 5.97 Å². The van der Waals surface area contributed by atoms with Crippen molar-refractivity contribution in [1.29, 1.82) is 0 Å². The van der Waals surface area contributed by atoms with E-state index in [4.69, 9.17) is 4.74 Å². The van der Waals surface area contributed by atoms with Gasteiger partial charge in [0.2, 0.25) is 0 Å². The maximum atomic E-state index is 11.9. The minimum atomic E-state index is 0.0393. The fourth-order valence-corrected chi connectivity index (χ4v) is 2.64. The second-order valence-corrected chi connectivity index (χ2v) is 5.80. The summed E-state index contributed by atoms with van der Waals surface area (Å²) in [6, 6.07) is 0. The summed E-state index contributed by atoms with van der Waals surface area (Å²) in [6.07, 6.45) is 13.5. The van der Waals surface area contributed by atoms with Gasteiger partial charge in [0.15, 0.2) is 0 Å². The second kappa shape index (κ2) is 9.41. The van der Waals surface area contributed by atoms with Gasteiger partial charge in [0.25, 0.3) is 0 Å². The number of carbonyl (C=O) groups is 1. The summed E-state index contributed by atoms with van der Waals surface area (Å²) in [5, 5.41) is 0. The molecule has 1 fully saturated rings. The first-order valence-corrected chi connectivity index (χ1v) is 7.94. The van der Waals surface area contributed by atoms with Crippen molar-refractivity contribution in [3.63, 3.8) is 0 Å². The summed E-state index contributed by atoms with van der Waals surface area (Å²) >= 11 is 0. The van der Waals surface area contributed by atoms with Gasteiger partial charge in [-0.3, -0.25) is 4.79 Å². The zero-order chi connectivity index (χ0) is 13.2. The van der Waals surface area contributed by atoms with Crippen molar-refractivity contribution in [3.8, 4) is 0 Å². The summed E-state index contributed by atoms with van der Waals surface area (Å²) in [5.41, 5.74) is 0. The summed E-state index contributed by atoms with van der Waals surface area (Å²) in [4.78, 5) is 11.9. The number of hydrogen-bond acceptors (Lipinski definition) is 2. The fraction of sp³-hybridized carbons (Fsp3) is 0.938. The molecule has 0 amide bonds. The molecule has 0 aliphatic heterocycles. The Kier molecular flexibility index (Phi) is 8.11. The number of carbonyl (C=O) groups excluding carboxylic acids is 1. The SMILES string of the molecule is CCCCCCCC(C)C(=O)OC1CCCCC1. The maximum absolute atomic E-state index is 11.9. The third-order valence-corrected chi connectivity index (χ3v) is 3.98. The molecule has 2 heteroatoms. The molecule has 2 nitrogen and oxygen atoms in total. The molecule has 0 spiro atoms. The molecule has 0 heterocycles. The Morgan fingerprint density at radius 3 is 2.44 bits per heavy atom. The summed E-state index contributed by atoms with van der Waals surface area (Å²) in [7, 11) is 0. The van der Waals surface area contributed by atoms with Crippen molar-refractivity contribution >= 4 is 5.97 Å². The Hall–Kier alpha value is -0.530. The molecule has 0 N–H and O–H groups in total. The van der Waals surface area contributed by atoms with Crippen LogP contribution in [0.3, 0.4) is 0 Å². The highest BCUT2D eigenvalue weighted by molar-refractivity contribution is 5.72. The maximum Gasteiger partial charge on any atom is 0.308 e. The van der Waals surface area contributed by atoms with Gasteiger partial charge in [-0.25, -0.2) is 0 Å². The Morgan fingerprint density at radius 2 is 1.78 bits per heavy atom. The van der Waals surface area contributed by atoms with Crippen LogP contribution in [0.4, 0.5) is 0 Å². The highest BCUT2D eigenvalue weighted by Gasteiger charge is 2.21. The van der Waals surface area contributed by atoms with Crippen LogP contribution in [0.1, 0.15) is 84.5 Å². The van der Waals surface area contributed by atoms with Crippen LogP contribution >= 0.6 is 0 Å². The summed E-state index contributed by atoms with van der Waals surface area (Å²) in [5.74, 6) is 0.131. The van der Waals surface area contributed by atoms with Crippen LogP contribution in [0, 0.1) is 5.92 Å². The Bertz CT molecular complexity index is 219. The second-order valence-electron chi connectivity index (χ2n) is 5.80. The molecule has 106 valence electrons. The molecule has 18 heavy (non-hydrogen) atoms. The van der Waals surface area contributed by atoms with E-state index in [0.717, 1.165) is 19.3 Å². The average molecular weight is 254 g/mol. The Morgan fingerprint density at radius 1 is 1.11 bits per heavy atom. The topological polar surface area (TPSA) is 26.3 Å². The molecule has 1 aliphatic carbocycles. The van der Waals surface area contributed by atoms with Crippen LogP contribution in [-0.4, -0.2) is 12.1 Å². The molecule has 1 unspecified atom stereocenters. The summed E-state index contributed by atoms with van der Waals surface area (Å²) < 4.78 is 5.59. The number of hydrogen-bond donors (Lipinski definition) is 0. The lowest BCUT2D eigenvalue weighted by atomic mass is 9.97. The highest BCUT2D eigenvalue weighted by Crippen LogP contribution is 2.22. The number of rotatable bonds is 8. The van der Waals surface area contributed by atoms with Crippen LogP contribution in [0.2, 0.25) is 0 Å². The zero-order valence-corrected chi connectivity index (χ0v) is 12.2. The van der Waals surface area contributed by atoms with E-state index in [1.165, 1.54) is 51.4 Å². The van der Waals surface area contributed by atoms with Crippen molar-refractivity contribution in [2.24, 2.45) is 5.92 Å². The van der Waals surface area contributed by atoms with Gasteiger partial charge in [-0.05, 0) is 32.1 Å². The van der Waals surface area contributed by atoms with E-state index >= 15 is 0 Å². The molecular weight excluding hydrogens is 224 g/mol. The smallest absolute Gasteiger partial charge is 0.308 e. The van der Waals surface area contributed by atoms with Gasteiger partial charge < -0.3 is 4.74 Å². The minimum Gasteiger partial charge on any atom is -0.462 e. The van der Waals surface area contributed by atoms with E-state index in [2.05, 4.69) is 6.92 Å².